The zero-order valence-corrected chi connectivity index (χ0v) is 15.4. The second-order valence-corrected chi connectivity index (χ2v) is 7.24. The number of carbonyl (C=O) groups is 1. The molecule has 1 aliphatic rings. The van der Waals surface area contributed by atoms with Crippen LogP contribution in [0, 0.1) is 5.92 Å². The van der Waals surface area contributed by atoms with E-state index in [0.717, 1.165) is 39.3 Å². The van der Waals surface area contributed by atoms with E-state index in [2.05, 4.69) is 24.2 Å². The molecule has 2 N–H and O–H groups in total. The third-order valence-corrected chi connectivity index (χ3v) is 4.53. The molecule has 1 fully saturated rings. The number of hydrogen-bond donors (Lipinski definition) is 2. The summed E-state index contributed by atoms with van der Waals surface area (Å²) >= 11 is 1.41. The molecule has 1 aromatic heterocycles. The Bertz CT molecular complexity index is 511. The molecule has 1 aliphatic heterocycles. The molecule has 0 saturated carbocycles. The van der Waals surface area contributed by atoms with Crippen molar-refractivity contribution in [1.29, 1.82) is 0 Å². The summed E-state index contributed by atoms with van der Waals surface area (Å²) in [5.74, 6) is 0.220. The zero-order valence-electron chi connectivity index (χ0n) is 14.5. The van der Waals surface area contributed by atoms with Gasteiger partial charge in [-0.3, -0.25) is 10.1 Å². The number of ether oxygens (including phenoxy) is 2. The minimum absolute atomic E-state index is 0.161. The number of morpholine rings is 1. The van der Waals surface area contributed by atoms with Gasteiger partial charge in [0.2, 0.25) is 0 Å². The summed E-state index contributed by atoms with van der Waals surface area (Å²) in [4.78, 5) is 18.8. The van der Waals surface area contributed by atoms with Crippen LogP contribution in [0.5, 0.6) is 0 Å². The SMILES string of the molecule is CC(C)COC(=NCCC[NH+]1CCOCC1)NC(=O)c1cccs1. The number of thiophene rings is 1. The topological polar surface area (TPSA) is 64.4 Å². The molecule has 1 aromatic rings. The Morgan fingerprint density at radius 2 is 2.25 bits per heavy atom. The van der Waals surface area contributed by atoms with Gasteiger partial charge in [0.1, 0.15) is 13.1 Å². The quantitative estimate of drug-likeness (QED) is 0.433. The number of amides is 1. The molecule has 2 rings (SSSR count). The molecule has 0 radical (unpaired) electrons. The molecule has 0 spiro atoms. The van der Waals surface area contributed by atoms with Crippen molar-refractivity contribution in [1.82, 2.24) is 5.32 Å². The van der Waals surface area contributed by atoms with Gasteiger partial charge >= 0.3 is 0 Å². The smallest absolute Gasteiger partial charge is 0.291 e. The number of quaternary nitrogens is 1. The fourth-order valence-corrected chi connectivity index (χ4v) is 2.97. The highest BCUT2D eigenvalue weighted by molar-refractivity contribution is 7.12. The summed E-state index contributed by atoms with van der Waals surface area (Å²) < 4.78 is 11.0. The molecule has 0 atom stereocenters. The molecule has 6 nitrogen and oxygen atoms in total. The Kier molecular flexibility index (Phi) is 8.21. The maximum Gasteiger partial charge on any atom is 0.291 e. The van der Waals surface area contributed by atoms with E-state index < -0.39 is 0 Å². The zero-order chi connectivity index (χ0) is 17.2. The van der Waals surface area contributed by atoms with E-state index in [9.17, 15) is 4.79 Å². The van der Waals surface area contributed by atoms with Gasteiger partial charge in [-0.2, -0.15) is 0 Å². The molecule has 7 heteroatoms. The van der Waals surface area contributed by atoms with Crippen LogP contribution in [0.3, 0.4) is 0 Å². The summed E-state index contributed by atoms with van der Waals surface area (Å²) in [6.45, 7) is 10.2. The summed E-state index contributed by atoms with van der Waals surface area (Å²) in [6, 6.07) is 3.98. The van der Waals surface area contributed by atoms with Crippen LogP contribution in [0.25, 0.3) is 0 Å². The molecule has 0 aliphatic carbocycles. The molecule has 2 heterocycles. The maximum atomic E-state index is 12.2. The Balaban J connectivity index is 1.80. The number of hydrogen-bond acceptors (Lipinski definition) is 5. The van der Waals surface area contributed by atoms with Crippen molar-refractivity contribution in [2.75, 3.05) is 46.0 Å². The number of nitrogens with zero attached hydrogens (tertiary/aromatic N) is 1. The van der Waals surface area contributed by atoms with Crippen molar-refractivity contribution in [2.45, 2.75) is 20.3 Å². The fraction of sp³-hybridized carbons (Fsp3) is 0.647. The molecule has 1 saturated heterocycles. The number of amidine groups is 1. The van der Waals surface area contributed by atoms with E-state index in [0.29, 0.717) is 30.0 Å². The van der Waals surface area contributed by atoms with E-state index >= 15 is 0 Å². The molecule has 0 unspecified atom stereocenters. The first-order valence-electron chi connectivity index (χ1n) is 8.58. The van der Waals surface area contributed by atoms with Gasteiger partial charge in [-0.25, -0.2) is 4.99 Å². The molecule has 0 bridgehead atoms. The monoisotopic (exact) mass is 354 g/mol. The first kappa shape index (κ1) is 18.9. The van der Waals surface area contributed by atoms with E-state index in [4.69, 9.17) is 9.47 Å². The van der Waals surface area contributed by atoms with E-state index in [-0.39, 0.29) is 5.91 Å². The van der Waals surface area contributed by atoms with Gasteiger partial charge in [0.05, 0.1) is 31.2 Å². The summed E-state index contributed by atoms with van der Waals surface area (Å²) in [5.41, 5.74) is 0. The van der Waals surface area contributed by atoms with Crippen LogP contribution in [0.4, 0.5) is 0 Å². The third-order valence-electron chi connectivity index (χ3n) is 3.66. The van der Waals surface area contributed by atoms with Gasteiger partial charge in [0, 0.05) is 13.0 Å². The van der Waals surface area contributed by atoms with Crippen molar-refractivity contribution < 1.29 is 19.2 Å². The normalized spacial score (nSPS) is 16.4. The van der Waals surface area contributed by atoms with Crippen LogP contribution in [0.1, 0.15) is 29.9 Å². The standard InChI is InChI=1S/C17H27N3O3S/c1-14(2)13-23-17(19-16(21)15-5-3-12-24-15)18-6-4-7-20-8-10-22-11-9-20/h3,5,12,14H,4,6-11,13H2,1-2H3,(H,18,19,21)/p+1. The highest BCUT2D eigenvalue weighted by atomic mass is 32.1. The fourth-order valence-electron chi connectivity index (χ4n) is 2.35. The minimum atomic E-state index is -0.161. The van der Waals surface area contributed by atoms with Crippen LogP contribution in [0.15, 0.2) is 22.5 Å². The van der Waals surface area contributed by atoms with Crippen molar-refractivity contribution in [3.63, 3.8) is 0 Å². The van der Waals surface area contributed by atoms with Crippen molar-refractivity contribution in [3.05, 3.63) is 22.4 Å². The Hall–Kier alpha value is -1.44. The Morgan fingerprint density at radius 3 is 2.92 bits per heavy atom. The first-order valence-corrected chi connectivity index (χ1v) is 9.46. The van der Waals surface area contributed by atoms with Crippen molar-refractivity contribution in [3.8, 4) is 0 Å². The second kappa shape index (κ2) is 10.4. The average molecular weight is 354 g/mol. The lowest BCUT2D eigenvalue weighted by molar-refractivity contribution is -0.908. The van der Waals surface area contributed by atoms with Crippen molar-refractivity contribution in [2.24, 2.45) is 10.9 Å². The predicted molar refractivity (Wildman–Crippen MR) is 95.9 cm³/mol. The van der Waals surface area contributed by atoms with Gasteiger partial charge in [-0.05, 0) is 17.4 Å². The maximum absolute atomic E-state index is 12.2. The lowest BCUT2D eigenvalue weighted by Crippen LogP contribution is -3.14. The minimum Gasteiger partial charge on any atom is -0.465 e. The van der Waals surface area contributed by atoms with Crippen LogP contribution >= 0.6 is 11.3 Å². The van der Waals surface area contributed by atoms with E-state index in [1.54, 1.807) is 11.0 Å². The molecule has 0 aromatic carbocycles. The largest absolute Gasteiger partial charge is 0.465 e. The van der Waals surface area contributed by atoms with Crippen LogP contribution in [-0.2, 0) is 9.47 Å². The molecular formula is C17H28N3O3S+. The lowest BCUT2D eigenvalue weighted by Gasteiger charge is -2.23. The lowest BCUT2D eigenvalue weighted by atomic mass is 10.2. The van der Waals surface area contributed by atoms with Crippen LogP contribution < -0.4 is 10.2 Å². The molecule has 24 heavy (non-hydrogen) atoms. The van der Waals surface area contributed by atoms with Gasteiger partial charge in [0.15, 0.2) is 0 Å². The number of aliphatic imine (C=N–C) groups is 1. The average Bonchev–Trinajstić information content (AvgIpc) is 3.11. The van der Waals surface area contributed by atoms with Gasteiger partial charge in [0.25, 0.3) is 11.9 Å². The van der Waals surface area contributed by atoms with E-state index in [1.807, 2.05) is 11.4 Å². The summed E-state index contributed by atoms with van der Waals surface area (Å²) in [5, 5.41) is 4.67. The number of nitrogens with one attached hydrogen (secondary N) is 2. The Labute approximate surface area is 147 Å². The van der Waals surface area contributed by atoms with Gasteiger partial charge in [-0.15, -0.1) is 11.3 Å². The van der Waals surface area contributed by atoms with Gasteiger partial charge in [-0.1, -0.05) is 19.9 Å². The summed E-state index contributed by atoms with van der Waals surface area (Å²) in [6.07, 6.45) is 0.971. The number of carbonyl (C=O) groups excluding carboxylic acids is 1. The highest BCUT2D eigenvalue weighted by Gasteiger charge is 2.14. The van der Waals surface area contributed by atoms with Crippen molar-refractivity contribution >= 4 is 23.3 Å². The molecular weight excluding hydrogens is 326 g/mol. The van der Waals surface area contributed by atoms with Crippen LogP contribution in [0.2, 0.25) is 0 Å². The van der Waals surface area contributed by atoms with Crippen LogP contribution in [-0.4, -0.2) is 57.9 Å². The second-order valence-electron chi connectivity index (χ2n) is 6.29. The van der Waals surface area contributed by atoms with Gasteiger partial charge < -0.3 is 14.4 Å². The highest BCUT2D eigenvalue weighted by Crippen LogP contribution is 2.08. The number of rotatable bonds is 7. The third kappa shape index (κ3) is 6.98. The first-order chi connectivity index (χ1) is 11.6. The van der Waals surface area contributed by atoms with E-state index in [1.165, 1.54) is 11.3 Å². The summed E-state index contributed by atoms with van der Waals surface area (Å²) in [7, 11) is 0. The Morgan fingerprint density at radius 1 is 1.46 bits per heavy atom. The molecule has 1 amide bonds. The molecule has 134 valence electrons. The predicted octanol–water partition coefficient (Wildman–Crippen LogP) is 0.812.